The van der Waals surface area contributed by atoms with Gasteiger partial charge in [-0.3, -0.25) is 4.79 Å². The molecule has 1 N–H and O–H groups in total. The highest BCUT2D eigenvalue weighted by atomic mass is 16.1. The Morgan fingerprint density at radius 1 is 1.15 bits per heavy atom. The van der Waals surface area contributed by atoms with Gasteiger partial charge in [0.05, 0.1) is 6.04 Å². The summed E-state index contributed by atoms with van der Waals surface area (Å²) in [6.07, 6.45) is 1.50. The van der Waals surface area contributed by atoms with E-state index in [9.17, 15) is 4.79 Å². The van der Waals surface area contributed by atoms with Gasteiger partial charge < -0.3 is 5.32 Å². The molecule has 102 valence electrons. The standard InChI is InChI=1S/C18H19NO/c1-13-6-8-14(9-7-13)12-17(20)18-16-5-3-2-4-15(16)10-11-19-18/h2-9,18-19H,10-12H2,1H3. The minimum absolute atomic E-state index is 0.152. The summed E-state index contributed by atoms with van der Waals surface area (Å²) >= 11 is 0. The van der Waals surface area contributed by atoms with Gasteiger partial charge in [-0.15, -0.1) is 0 Å². The summed E-state index contributed by atoms with van der Waals surface area (Å²) in [5.74, 6) is 0.251. The minimum atomic E-state index is -0.152. The number of benzene rings is 2. The van der Waals surface area contributed by atoms with E-state index in [-0.39, 0.29) is 11.8 Å². The first-order valence-corrected chi connectivity index (χ1v) is 7.13. The van der Waals surface area contributed by atoms with Crippen molar-refractivity contribution in [1.29, 1.82) is 0 Å². The topological polar surface area (TPSA) is 29.1 Å². The minimum Gasteiger partial charge on any atom is -0.303 e. The van der Waals surface area contributed by atoms with Crippen LogP contribution >= 0.6 is 0 Å². The van der Waals surface area contributed by atoms with Crippen LogP contribution in [0.4, 0.5) is 0 Å². The predicted octanol–water partition coefficient (Wildman–Crippen LogP) is 2.99. The largest absolute Gasteiger partial charge is 0.303 e. The Kier molecular flexibility index (Phi) is 3.66. The van der Waals surface area contributed by atoms with Crippen molar-refractivity contribution in [3.05, 3.63) is 70.8 Å². The lowest BCUT2D eigenvalue weighted by Crippen LogP contribution is -2.35. The monoisotopic (exact) mass is 265 g/mol. The number of hydrogen-bond acceptors (Lipinski definition) is 2. The van der Waals surface area contributed by atoms with Crippen LogP contribution < -0.4 is 5.32 Å². The molecule has 1 unspecified atom stereocenters. The molecule has 0 saturated carbocycles. The van der Waals surface area contributed by atoms with E-state index in [1.165, 1.54) is 11.1 Å². The van der Waals surface area contributed by atoms with Crippen molar-refractivity contribution in [3.63, 3.8) is 0 Å². The summed E-state index contributed by atoms with van der Waals surface area (Å²) in [4.78, 5) is 12.6. The Morgan fingerprint density at radius 3 is 2.70 bits per heavy atom. The molecule has 0 aromatic heterocycles. The Balaban J connectivity index is 1.80. The zero-order valence-corrected chi connectivity index (χ0v) is 11.7. The highest BCUT2D eigenvalue weighted by Crippen LogP contribution is 2.24. The normalized spacial score (nSPS) is 17.6. The van der Waals surface area contributed by atoms with Crippen molar-refractivity contribution in [2.45, 2.75) is 25.8 Å². The first-order valence-electron chi connectivity index (χ1n) is 7.13. The van der Waals surface area contributed by atoms with E-state index in [4.69, 9.17) is 0 Å². The van der Waals surface area contributed by atoms with E-state index >= 15 is 0 Å². The van der Waals surface area contributed by atoms with Gasteiger partial charge in [-0.25, -0.2) is 0 Å². The number of carbonyl (C=O) groups is 1. The van der Waals surface area contributed by atoms with E-state index < -0.39 is 0 Å². The average molecular weight is 265 g/mol. The summed E-state index contributed by atoms with van der Waals surface area (Å²) in [5.41, 5.74) is 4.76. The smallest absolute Gasteiger partial charge is 0.158 e. The van der Waals surface area contributed by atoms with E-state index in [2.05, 4.69) is 36.5 Å². The number of hydrogen-bond donors (Lipinski definition) is 1. The molecule has 0 saturated heterocycles. The molecule has 0 bridgehead atoms. The number of fused-ring (bicyclic) bond motifs is 1. The molecule has 1 aliphatic rings. The lowest BCUT2D eigenvalue weighted by atomic mass is 9.90. The second-order valence-corrected chi connectivity index (χ2v) is 5.46. The maximum atomic E-state index is 12.6. The van der Waals surface area contributed by atoms with Crippen molar-refractivity contribution >= 4 is 5.78 Å². The molecule has 0 spiro atoms. The van der Waals surface area contributed by atoms with Crippen molar-refractivity contribution in [3.8, 4) is 0 Å². The Hall–Kier alpha value is -1.93. The molecule has 1 atom stereocenters. The van der Waals surface area contributed by atoms with Crippen LogP contribution in [0.2, 0.25) is 0 Å². The van der Waals surface area contributed by atoms with Gasteiger partial charge in [-0.2, -0.15) is 0 Å². The van der Waals surface area contributed by atoms with Crippen molar-refractivity contribution in [2.75, 3.05) is 6.54 Å². The van der Waals surface area contributed by atoms with Crippen LogP contribution in [0.5, 0.6) is 0 Å². The molecule has 2 nitrogen and oxygen atoms in total. The highest BCUT2D eigenvalue weighted by molar-refractivity contribution is 5.87. The lowest BCUT2D eigenvalue weighted by molar-refractivity contribution is -0.120. The molecule has 2 heteroatoms. The second kappa shape index (κ2) is 5.59. The fourth-order valence-electron chi connectivity index (χ4n) is 2.80. The van der Waals surface area contributed by atoms with Crippen molar-refractivity contribution in [2.24, 2.45) is 0 Å². The quantitative estimate of drug-likeness (QED) is 0.924. The summed E-state index contributed by atoms with van der Waals surface area (Å²) in [7, 11) is 0. The zero-order chi connectivity index (χ0) is 13.9. The van der Waals surface area contributed by atoms with Crippen LogP contribution in [0.15, 0.2) is 48.5 Å². The van der Waals surface area contributed by atoms with Gasteiger partial charge in [0, 0.05) is 13.0 Å². The summed E-state index contributed by atoms with van der Waals surface area (Å²) < 4.78 is 0. The first kappa shape index (κ1) is 13.1. The van der Waals surface area contributed by atoms with Gasteiger partial charge in [-0.05, 0) is 30.0 Å². The molecule has 20 heavy (non-hydrogen) atoms. The molecule has 0 aliphatic carbocycles. The molecule has 1 heterocycles. The van der Waals surface area contributed by atoms with E-state index in [0.29, 0.717) is 6.42 Å². The SMILES string of the molecule is Cc1ccc(CC(=O)C2NCCc3ccccc32)cc1. The van der Waals surface area contributed by atoms with Gasteiger partial charge in [0.2, 0.25) is 0 Å². The van der Waals surface area contributed by atoms with Gasteiger partial charge in [0.1, 0.15) is 0 Å². The molecule has 2 aromatic carbocycles. The van der Waals surface area contributed by atoms with E-state index in [0.717, 1.165) is 24.1 Å². The maximum absolute atomic E-state index is 12.6. The van der Waals surface area contributed by atoms with Crippen molar-refractivity contribution < 1.29 is 4.79 Å². The third-order valence-corrected chi connectivity index (χ3v) is 3.93. The molecule has 3 rings (SSSR count). The predicted molar refractivity (Wildman–Crippen MR) is 80.8 cm³/mol. The van der Waals surface area contributed by atoms with Gasteiger partial charge in [0.15, 0.2) is 5.78 Å². The lowest BCUT2D eigenvalue weighted by Gasteiger charge is -2.25. The Bertz CT molecular complexity index is 616. The second-order valence-electron chi connectivity index (χ2n) is 5.46. The summed E-state index contributed by atoms with van der Waals surface area (Å²) in [5, 5.41) is 3.36. The fourth-order valence-corrected chi connectivity index (χ4v) is 2.80. The number of aryl methyl sites for hydroxylation is 1. The summed E-state index contributed by atoms with van der Waals surface area (Å²) in [6.45, 7) is 2.94. The summed E-state index contributed by atoms with van der Waals surface area (Å²) in [6, 6.07) is 16.3. The Labute approximate surface area is 119 Å². The fraction of sp³-hybridized carbons (Fsp3) is 0.278. The maximum Gasteiger partial charge on any atom is 0.158 e. The van der Waals surface area contributed by atoms with Crippen LogP contribution in [0, 0.1) is 6.92 Å². The molecule has 0 amide bonds. The highest BCUT2D eigenvalue weighted by Gasteiger charge is 2.25. The number of nitrogens with one attached hydrogen (secondary N) is 1. The molecule has 0 radical (unpaired) electrons. The zero-order valence-electron chi connectivity index (χ0n) is 11.7. The number of ketones is 1. The van der Waals surface area contributed by atoms with Crippen LogP contribution in [-0.2, 0) is 17.6 Å². The molecular weight excluding hydrogens is 246 g/mol. The van der Waals surface area contributed by atoms with E-state index in [1.54, 1.807) is 0 Å². The first-order chi connectivity index (χ1) is 9.74. The molecule has 2 aromatic rings. The number of Topliss-reactive ketones (excluding diaryl/α,β-unsaturated/α-hetero) is 1. The average Bonchev–Trinajstić information content (AvgIpc) is 2.49. The van der Waals surface area contributed by atoms with Gasteiger partial charge in [0.25, 0.3) is 0 Å². The van der Waals surface area contributed by atoms with Gasteiger partial charge >= 0.3 is 0 Å². The third kappa shape index (κ3) is 2.66. The van der Waals surface area contributed by atoms with Crippen LogP contribution in [-0.4, -0.2) is 12.3 Å². The molecule has 1 aliphatic heterocycles. The third-order valence-electron chi connectivity index (χ3n) is 3.93. The van der Waals surface area contributed by atoms with Crippen LogP contribution in [0.25, 0.3) is 0 Å². The van der Waals surface area contributed by atoms with Crippen LogP contribution in [0.1, 0.15) is 28.3 Å². The Morgan fingerprint density at radius 2 is 1.90 bits per heavy atom. The number of rotatable bonds is 3. The van der Waals surface area contributed by atoms with E-state index in [1.807, 2.05) is 24.3 Å². The van der Waals surface area contributed by atoms with Crippen molar-refractivity contribution in [1.82, 2.24) is 5.32 Å². The molecule has 0 fully saturated rings. The van der Waals surface area contributed by atoms with Gasteiger partial charge in [-0.1, -0.05) is 54.1 Å². The number of carbonyl (C=O) groups excluding carboxylic acids is 1. The van der Waals surface area contributed by atoms with Crippen LogP contribution in [0.3, 0.4) is 0 Å². The molecular formula is C18H19NO.